The molecule has 5 heteroatoms. The quantitative estimate of drug-likeness (QED) is 0.159. The molecule has 0 aliphatic rings. The van der Waals surface area contributed by atoms with E-state index in [0.717, 1.165) is 24.8 Å². The van der Waals surface area contributed by atoms with Gasteiger partial charge >= 0.3 is 0 Å². The Hall–Kier alpha value is -2.04. The maximum atomic E-state index is 14.1. The van der Waals surface area contributed by atoms with Crippen LogP contribution in [0.4, 0.5) is 8.78 Å². The maximum absolute atomic E-state index is 14.1. The zero-order valence-corrected chi connectivity index (χ0v) is 22.7. The fraction of sp³-hybridized carbons (Fsp3) is 0.677. The average Bonchev–Trinajstić information content (AvgIpc) is 2.90. The number of hydrogen-bond donors (Lipinski definition) is 0. The van der Waals surface area contributed by atoms with Crippen molar-refractivity contribution in [2.24, 2.45) is 0 Å². The smallest absolute Gasteiger partial charge is 0.159 e. The third-order valence-corrected chi connectivity index (χ3v) is 6.75. The first kappa shape index (κ1) is 30.2. The van der Waals surface area contributed by atoms with E-state index in [0.29, 0.717) is 37.3 Å². The highest BCUT2D eigenvalue weighted by Crippen LogP contribution is 2.20. The number of aromatic nitrogens is 2. The lowest BCUT2D eigenvalue weighted by atomic mass is 10.0. The summed E-state index contributed by atoms with van der Waals surface area (Å²) in [5.41, 5.74) is 2.31. The molecule has 0 bridgehead atoms. The van der Waals surface area contributed by atoms with Crippen LogP contribution in [0, 0.1) is 0 Å². The minimum absolute atomic E-state index is 0.0534. The van der Waals surface area contributed by atoms with Crippen LogP contribution in [0.3, 0.4) is 0 Å². The molecule has 0 saturated heterocycles. The lowest BCUT2D eigenvalue weighted by Crippen LogP contribution is -2.14. The van der Waals surface area contributed by atoms with Crippen molar-refractivity contribution in [1.82, 2.24) is 9.97 Å². The molecular formula is C31H48F2N2O. The predicted octanol–water partition coefficient (Wildman–Crippen LogP) is 9.63. The molecule has 0 amide bonds. The summed E-state index contributed by atoms with van der Waals surface area (Å²) in [7, 11) is 0. The highest BCUT2D eigenvalue weighted by atomic mass is 19.1. The number of benzene rings is 1. The Labute approximate surface area is 218 Å². The standard InChI is InChI=1S/C31H48F2N2O/c1-3-5-7-8-9-10-11-12-13-15-26-19-21-27(22-20-26)31-34-23-30(24-35-31)36-25-29(33)18-14-17-28(32)16-6-4-2/h19-24,28-29H,3-18,25H2,1-2H3. The van der Waals surface area contributed by atoms with Gasteiger partial charge in [0.25, 0.3) is 0 Å². The molecule has 0 aliphatic carbocycles. The number of ether oxygens (including phenoxy) is 1. The molecule has 202 valence electrons. The Morgan fingerprint density at radius 2 is 1.22 bits per heavy atom. The lowest BCUT2D eigenvalue weighted by molar-refractivity contribution is 0.177. The molecule has 36 heavy (non-hydrogen) atoms. The first-order valence-corrected chi connectivity index (χ1v) is 14.4. The van der Waals surface area contributed by atoms with E-state index in [2.05, 4.69) is 41.2 Å². The molecule has 2 unspecified atom stereocenters. The minimum atomic E-state index is -1.11. The molecule has 3 nitrogen and oxygen atoms in total. The summed E-state index contributed by atoms with van der Waals surface area (Å²) in [5, 5.41) is 0. The molecule has 0 spiro atoms. The van der Waals surface area contributed by atoms with Gasteiger partial charge in [0.2, 0.25) is 0 Å². The van der Waals surface area contributed by atoms with Gasteiger partial charge in [-0.2, -0.15) is 0 Å². The molecule has 0 saturated carbocycles. The minimum Gasteiger partial charge on any atom is -0.487 e. The van der Waals surface area contributed by atoms with Crippen molar-refractivity contribution in [2.45, 2.75) is 129 Å². The molecule has 1 aromatic heterocycles. The zero-order chi connectivity index (χ0) is 25.8. The number of halogens is 2. The number of unbranched alkanes of at least 4 members (excludes halogenated alkanes) is 9. The average molecular weight is 503 g/mol. The summed E-state index contributed by atoms with van der Waals surface area (Å²) in [5.74, 6) is 1.09. The summed E-state index contributed by atoms with van der Waals surface area (Å²) in [6.07, 6.45) is 18.2. The number of aryl methyl sites for hydroxylation is 1. The Bertz CT molecular complexity index is 782. The first-order chi connectivity index (χ1) is 17.6. The SMILES string of the molecule is CCCCCCCCCCCc1ccc(-c2ncc(OCC(F)CCCC(F)CCCC)cn2)cc1. The Morgan fingerprint density at radius 3 is 1.86 bits per heavy atom. The van der Waals surface area contributed by atoms with Gasteiger partial charge in [-0.1, -0.05) is 102 Å². The van der Waals surface area contributed by atoms with Crippen molar-refractivity contribution >= 4 is 0 Å². The van der Waals surface area contributed by atoms with Crippen LogP contribution in [-0.4, -0.2) is 28.9 Å². The van der Waals surface area contributed by atoms with Gasteiger partial charge in [-0.15, -0.1) is 0 Å². The van der Waals surface area contributed by atoms with Crippen LogP contribution in [-0.2, 0) is 6.42 Å². The van der Waals surface area contributed by atoms with E-state index in [9.17, 15) is 8.78 Å². The van der Waals surface area contributed by atoms with Crippen molar-refractivity contribution in [2.75, 3.05) is 6.61 Å². The van der Waals surface area contributed by atoms with Crippen LogP contribution >= 0.6 is 0 Å². The molecule has 2 atom stereocenters. The molecule has 0 radical (unpaired) electrons. The van der Waals surface area contributed by atoms with Crippen molar-refractivity contribution in [3.63, 3.8) is 0 Å². The summed E-state index contributed by atoms with van der Waals surface area (Å²) in [6, 6.07) is 8.45. The van der Waals surface area contributed by atoms with E-state index >= 15 is 0 Å². The summed E-state index contributed by atoms with van der Waals surface area (Å²) < 4.78 is 33.3. The summed E-state index contributed by atoms with van der Waals surface area (Å²) >= 11 is 0. The van der Waals surface area contributed by atoms with E-state index in [4.69, 9.17) is 4.74 Å². The molecule has 1 aromatic carbocycles. The number of nitrogens with zero attached hydrogens (tertiary/aromatic N) is 2. The topological polar surface area (TPSA) is 35.0 Å². The highest BCUT2D eigenvalue weighted by Gasteiger charge is 2.11. The fourth-order valence-electron chi connectivity index (χ4n) is 4.40. The second-order valence-electron chi connectivity index (χ2n) is 10.1. The fourth-order valence-corrected chi connectivity index (χ4v) is 4.40. The van der Waals surface area contributed by atoms with E-state index in [1.54, 1.807) is 12.4 Å². The second kappa shape index (κ2) is 19.1. The molecule has 0 aliphatic heterocycles. The normalized spacial score (nSPS) is 13.0. The van der Waals surface area contributed by atoms with Gasteiger partial charge in [0.15, 0.2) is 11.6 Å². The van der Waals surface area contributed by atoms with E-state index < -0.39 is 12.3 Å². The van der Waals surface area contributed by atoms with E-state index in [1.165, 1.54) is 63.4 Å². The van der Waals surface area contributed by atoms with Gasteiger partial charge in [-0.05, 0) is 44.1 Å². The van der Waals surface area contributed by atoms with Crippen molar-refractivity contribution < 1.29 is 13.5 Å². The number of alkyl halides is 2. The van der Waals surface area contributed by atoms with Crippen molar-refractivity contribution in [3.8, 4) is 17.1 Å². The lowest BCUT2D eigenvalue weighted by Gasteiger charge is -2.11. The van der Waals surface area contributed by atoms with Crippen LogP contribution in [0.25, 0.3) is 11.4 Å². The van der Waals surface area contributed by atoms with Crippen LogP contribution < -0.4 is 4.74 Å². The Balaban J connectivity index is 1.62. The molecule has 2 aromatic rings. The van der Waals surface area contributed by atoms with Gasteiger partial charge in [0.1, 0.15) is 19.0 Å². The predicted molar refractivity (Wildman–Crippen MR) is 147 cm³/mol. The van der Waals surface area contributed by atoms with Crippen molar-refractivity contribution in [1.29, 1.82) is 0 Å². The highest BCUT2D eigenvalue weighted by molar-refractivity contribution is 5.55. The van der Waals surface area contributed by atoms with Crippen LogP contribution in [0.5, 0.6) is 5.75 Å². The van der Waals surface area contributed by atoms with Gasteiger partial charge in [-0.25, -0.2) is 18.7 Å². The van der Waals surface area contributed by atoms with E-state index in [1.807, 2.05) is 6.92 Å². The van der Waals surface area contributed by atoms with Crippen LogP contribution in [0.15, 0.2) is 36.7 Å². The second-order valence-corrected chi connectivity index (χ2v) is 10.1. The van der Waals surface area contributed by atoms with Crippen LogP contribution in [0.2, 0.25) is 0 Å². The van der Waals surface area contributed by atoms with Gasteiger partial charge in [0.05, 0.1) is 12.4 Å². The maximum Gasteiger partial charge on any atom is 0.159 e. The summed E-state index contributed by atoms with van der Waals surface area (Å²) in [6.45, 7) is 4.26. The Morgan fingerprint density at radius 1 is 0.667 bits per heavy atom. The van der Waals surface area contributed by atoms with E-state index in [-0.39, 0.29) is 6.61 Å². The van der Waals surface area contributed by atoms with Gasteiger partial charge in [-0.3, -0.25) is 0 Å². The number of hydrogen-bond acceptors (Lipinski definition) is 3. The Kier molecular flexibility index (Phi) is 16.0. The summed E-state index contributed by atoms with van der Waals surface area (Å²) in [4.78, 5) is 8.77. The molecule has 0 N–H and O–H groups in total. The first-order valence-electron chi connectivity index (χ1n) is 14.4. The largest absolute Gasteiger partial charge is 0.487 e. The zero-order valence-electron chi connectivity index (χ0n) is 22.7. The van der Waals surface area contributed by atoms with Gasteiger partial charge < -0.3 is 4.74 Å². The van der Waals surface area contributed by atoms with Crippen molar-refractivity contribution in [3.05, 3.63) is 42.2 Å². The molecule has 0 fully saturated rings. The third-order valence-electron chi connectivity index (χ3n) is 6.75. The third kappa shape index (κ3) is 13.3. The van der Waals surface area contributed by atoms with Gasteiger partial charge in [0, 0.05) is 5.56 Å². The molecular weight excluding hydrogens is 454 g/mol. The molecule has 2 rings (SSSR count). The number of rotatable bonds is 21. The van der Waals surface area contributed by atoms with Crippen LogP contribution in [0.1, 0.15) is 116 Å². The monoisotopic (exact) mass is 502 g/mol. The molecule has 1 heterocycles.